The van der Waals surface area contributed by atoms with Gasteiger partial charge < -0.3 is 10.4 Å². The lowest BCUT2D eigenvalue weighted by atomic mass is 9.97. The third-order valence-electron chi connectivity index (χ3n) is 5.11. The van der Waals surface area contributed by atoms with E-state index in [1.54, 1.807) is 30.3 Å². The van der Waals surface area contributed by atoms with Gasteiger partial charge in [-0.05, 0) is 56.5 Å². The molecule has 154 valence electrons. The first-order valence-corrected chi connectivity index (χ1v) is 10.8. The number of nitrogens with zero attached hydrogens (tertiary/aromatic N) is 1. The molecule has 1 aliphatic rings. The van der Waals surface area contributed by atoms with Gasteiger partial charge in [0.2, 0.25) is 15.9 Å². The largest absolute Gasteiger partial charge is 0.506 e. The molecule has 0 aliphatic carbocycles. The normalized spacial score (nSPS) is 15.8. The molecule has 0 saturated carbocycles. The number of aryl methyl sites for hydroxylation is 1. The standard InChI is InChI=1S/C21H24N2O5S/c1-14-6-7-19(20(25)12-14)22-21(26)16-8-10-23(11-9-16)29(27,28)18-5-3-4-17(13-18)15(2)24/h3-7,12-13,16,25H,8-11H2,1-2H3,(H,22,26). The van der Waals surface area contributed by atoms with Crippen LogP contribution in [0.3, 0.4) is 0 Å². The number of sulfonamides is 1. The molecule has 0 aromatic heterocycles. The molecule has 2 N–H and O–H groups in total. The zero-order chi connectivity index (χ0) is 21.2. The number of anilines is 1. The lowest BCUT2D eigenvalue weighted by molar-refractivity contribution is -0.120. The van der Waals surface area contributed by atoms with Crippen molar-refractivity contribution in [2.45, 2.75) is 31.6 Å². The maximum Gasteiger partial charge on any atom is 0.243 e. The van der Waals surface area contributed by atoms with Crippen molar-refractivity contribution in [3.63, 3.8) is 0 Å². The highest BCUT2D eigenvalue weighted by Crippen LogP contribution is 2.28. The Morgan fingerprint density at radius 3 is 2.41 bits per heavy atom. The Labute approximate surface area is 170 Å². The number of amides is 1. The number of phenols is 1. The highest BCUT2D eigenvalue weighted by molar-refractivity contribution is 7.89. The predicted octanol–water partition coefficient (Wildman–Crippen LogP) is 2.94. The molecule has 7 nitrogen and oxygen atoms in total. The molecule has 1 aliphatic heterocycles. The van der Waals surface area contributed by atoms with Crippen LogP contribution in [0.25, 0.3) is 0 Å². The number of hydrogen-bond donors (Lipinski definition) is 2. The SMILES string of the molecule is CC(=O)c1cccc(S(=O)(=O)N2CCC(C(=O)Nc3ccc(C)cc3O)CC2)c1. The number of rotatable bonds is 5. The molecule has 1 fully saturated rings. The second kappa shape index (κ2) is 8.34. The lowest BCUT2D eigenvalue weighted by Crippen LogP contribution is -2.41. The minimum Gasteiger partial charge on any atom is -0.506 e. The summed E-state index contributed by atoms with van der Waals surface area (Å²) in [4.78, 5) is 24.1. The Morgan fingerprint density at radius 2 is 1.79 bits per heavy atom. The number of benzene rings is 2. The molecule has 1 heterocycles. The molecule has 3 rings (SSSR count). The Kier molecular flexibility index (Phi) is 6.04. The van der Waals surface area contributed by atoms with Crippen molar-refractivity contribution in [3.05, 3.63) is 53.6 Å². The zero-order valence-electron chi connectivity index (χ0n) is 16.4. The van der Waals surface area contributed by atoms with E-state index in [-0.39, 0.29) is 41.3 Å². The number of ketones is 1. The first kappa shape index (κ1) is 21.0. The van der Waals surface area contributed by atoms with Crippen molar-refractivity contribution in [2.75, 3.05) is 18.4 Å². The maximum atomic E-state index is 12.9. The highest BCUT2D eigenvalue weighted by Gasteiger charge is 2.32. The minimum atomic E-state index is -3.73. The van der Waals surface area contributed by atoms with E-state index in [1.807, 2.05) is 6.92 Å². The third kappa shape index (κ3) is 4.65. The van der Waals surface area contributed by atoms with Gasteiger partial charge in [-0.15, -0.1) is 0 Å². The smallest absolute Gasteiger partial charge is 0.243 e. The molecule has 1 amide bonds. The second-order valence-corrected chi connectivity index (χ2v) is 9.21. The van der Waals surface area contributed by atoms with Gasteiger partial charge in [-0.1, -0.05) is 18.2 Å². The quantitative estimate of drug-likeness (QED) is 0.576. The van der Waals surface area contributed by atoms with Gasteiger partial charge in [0, 0.05) is 24.6 Å². The number of piperidine rings is 1. The van der Waals surface area contributed by atoms with Crippen LogP contribution in [0.15, 0.2) is 47.4 Å². The molecule has 0 radical (unpaired) electrons. The number of hydrogen-bond acceptors (Lipinski definition) is 5. The molecule has 8 heteroatoms. The summed E-state index contributed by atoms with van der Waals surface area (Å²) in [5.74, 6) is -0.772. The summed E-state index contributed by atoms with van der Waals surface area (Å²) >= 11 is 0. The van der Waals surface area contributed by atoms with Crippen LogP contribution in [0.1, 0.15) is 35.7 Å². The average Bonchev–Trinajstić information content (AvgIpc) is 2.70. The predicted molar refractivity (Wildman–Crippen MR) is 109 cm³/mol. The van der Waals surface area contributed by atoms with E-state index in [9.17, 15) is 23.1 Å². The number of Topliss-reactive ketones (excluding diaryl/α,β-unsaturated/α-hetero) is 1. The summed E-state index contributed by atoms with van der Waals surface area (Å²) in [7, 11) is -3.73. The van der Waals surface area contributed by atoms with Crippen LogP contribution in [0, 0.1) is 12.8 Å². The highest BCUT2D eigenvalue weighted by atomic mass is 32.2. The fraction of sp³-hybridized carbons (Fsp3) is 0.333. The zero-order valence-corrected chi connectivity index (χ0v) is 17.2. The van der Waals surface area contributed by atoms with Gasteiger partial charge in [0.15, 0.2) is 5.78 Å². The van der Waals surface area contributed by atoms with E-state index in [0.717, 1.165) is 5.56 Å². The number of aromatic hydroxyl groups is 1. The first-order valence-electron chi connectivity index (χ1n) is 9.40. The van der Waals surface area contributed by atoms with Gasteiger partial charge in [0.25, 0.3) is 0 Å². The average molecular weight is 416 g/mol. The van der Waals surface area contributed by atoms with E-state index in [4.69, 9.17) is 0 Å². The van der Waals surface area contributed by atoms with Crippen molar-refractivity contribution in [1.82, 2.24) is 4.31 Å². The van der Waals surface area contributed by atoms with Gasteiger partial charge in [0.1, 0.15) is 5.75 Å². The topological polar surface area (TPSA) is 104 Å². The maximum absolute atomic E-state index is 12.9. The number of carbonyl (C=O) groups is 2. The summed E-state index contributed by atoms with van der Waals surface area (Å²) in [6.07, 6.45) is 0.758. The van der Waals surface area contributed by atoms with E-state index in [1.165, 1.54) is 23.4 Å². The van der Waals surface area contributed by atoms with Gasteiger partial charge in [-0.3, -0.25) is 9.59 Å². The Balaban J connectivity index is 1.65. The van der Waals surface area contributed by atoms with Crippen molar-refractivity contribution < 1.29 is 23.1 Å². The van der Waals surface area contributed by atoms with Gasteiger partial charge in [-0.2, -0.15) is 4.31 Å². The van der Waals surface area contributed by atoms with E-state index < -0.39 is 10.0 Å². The lowest BCUT2D eigenvalue weighted by Gasteiger charge is -2.30. The first-order chi connectivity index (χ1) is 13.7. The molecular weight excluding hydrogens is 392 g/mol. The molecule has 0 bridgehead atoms. The summed E-state index contributed by atoms with van der Waals surface area (Å²) in [6.45, 7) is 3.66. The van der Waals surface area contributed by atoms with Gasteiger partial charge in [0.05, 0.1) is 10.6 Å². The summed E-state index contributed by atoms with van der Waals surface area (Å²) in [5, 5.41) is 12.7. The van der Waals surface area contributed by atoms with E-state index >= 15 is 0 Å². The van der Waals surface area contributed by atoms with Gasteiger partial charge in [-0.25, -0.2) is 8.42 Å². The Bertz CT molecular complexity index is 1040. The van der Waals surface area contributed by atoms with Crippen LogP contribution in [0.2, 0.25) is 0 Å². The second-order valence-electron chi connectivity index (χ2n) is 7.27. The summed E-state index contributed by atoms with van der Waals surface area (Å²) in [6, 6.07) is 11.0. The molecule has 29 heavy (non-hydrogen) atoms. The van der Waals surface area contributed by atoms with Crippen molar-refractivity contribution in [1.29, 1.82) is 0 Å². The number of nitrogens with one attached hydrogen (secondary N) is 1. The van der Waals surface area contributed by atoms with Crippen molar-refractivity contribution in [2.24, 2.45) is 5.92 Å². The van der Waals surface area contributed by atoms with Crippen molar-refractivity contribution in [3.8, 4) is 5.75 Å². The number of carbonyl (C=O) groups excluding carboxylic acids is 2. The molecule has 2 aromatic rings. The molecule has 0 atom stereocenters. The van der Waals surface area contributed by atoms with Gasteiger partial charge >= 0.3 is 0 Å². The Hall–Kier alpha value is -2.71. The van der Waals surface area contributed by atoms with Crippen LogP contribution in [-0.4, -0.2) is 42.6 Å². The minimum absolute atomic E-state index is 0.00344. The van der Waals surface area contributed by atoms with Crippen LogP contribution in [0.4, 0.5) is 5.69 Å². The molecular formula is C21H24N2O5S. The number of phenolic OH excluding ortho intramolecular Hbond substituents is 1. The van der Waals surface area contributed by atoms with Crippen molar-refractivity contribution >= 4 is 27.4 Å². The third-order valence-corrected chi connectivity index (χ3v) is 7.01. The Morgan fingerprint density at radius 1 is 1.10 bits per heavy atom. The van der Waals surface area contributed by atoms with Crippen LogP contribution >= 0.6 is 0 Å². The monoisotopic (exact) mass is 416 g/mol. The van der Waals surface area contributed by atoms with Crippen LogP contribution < -0.4 is 5.32 Å². The van der Waals surface area contributed by atoms with E-state index in [2.05, 4.69) is 5.32 Å². The fourth-order valence-electron chi connectivity index (χ4n) is 3.37. The molecule has 0 unspecified atom stereocenters. The molecule has 0 spiro atoms. The van der Waals surface area contributed by atoms with Crippen LogP contribution in [-0.2, 0) is 14.8 Å². The summed E-state index contributed by atoms with van der Waals surface area (Å²) < 4.78 is 27.1. The van der Waals surface area contributed by atoms with E-state index in [0.29, 0.717) is 24.1 Å². The summed E-state index contributed by atoms with van der Waals surface area (Å²) in [5.41, 5.74) is 1.57. The molecule has 1 saturated heterocycles. The molecule has 2 aromatic carbocycles. The van der Waals surface area contributed by atoms with Crippen LogP contribution in [0.5, 0.6) is 5.75 Å². The fourth-order valence-corrected chi connectivity index (χ4v) is 4.88.